The summed E-state index contributed by atoms with van der Waals surface area (Å²) in [5.74, 6) is 0.186. The average Bonchev–Trinajstić information content (AvgIpc) is 2.89. The number of nitrogens with one attached hydrogen (secondary N) is 1. The van der Waals surface area contributed by atoms with Gasteiger partial charge >= 0.3 is 11.6 Å². The van der Waals surface area contributed by atoms with E-state index < -0.39 is 17.7 Å². The highest BCUT2D eigenvalue weighted by Gasteiger charge is 2.27. The molecule has 4 rings (SSSR count). The third kappa shape index (κ3) is 5.53. The molecule has 8 nitrogen and oxygen atoms in total. The van der Waals surface area contributed by atoms with E-state index in [4.69, 9.17) is 19.0 Å². The molecule has 1 atom stereocenters. The van der Waals surface area contributed by atoms with Crippen LogP contribution in [0.15, 0.2) is 51.7 Å². The Balaban J connectivity index is 1.46. The lowest BCUT2D eigenvalue weighted by Crippen LogP contribution is -2.39. The van der Waals surface area contributed by atoms with E-state index in [1.807, 2.05) is 30.3 Å². The summed E-state index contributed by atoms with van der Waals surface area (Å²) in [6.07, 6.45) is 2.09. The minimum atomic E-state index is -0.756. The van der Waals surface area contributed by atoms with E-state index in [2.05, 4.69) is 5.32 Å². The summed E-state index contributed by atoms with van der Waals surface area (Å²) < 4.78 is 16.7. The molecule has 1 heterocycles. The van der Waals surface area contributed by atoms with Crippen molar-refractivity contribution in [2.24, 2.45) is 11.8 Å². The normalized spacial score (nSPS) is 18.4. The Morgan fingerprint density at radius 2 is 1.81 bits per heavy atom. The molecule has 1 aliphatic rings. The fourth-order valence-corrected chi connectivity index (χ4v) is 4.73. The van der Waals surface area contributed by atoms with Crippen molar-refractivity contribution in [3.05, 3.63) is 58.4 Å². The van der Waals surface area contributed by atoms with Crippen LogP contribution in [0.1, 0.15) is 38.2 Å². The molecule has 8 heteroatoms. The van der Waals surface area contributed by atoms with Gasteiger partial charge in [0.05, 0.1) is 13.0 Å². The maximum absolute atomic E-state index is 12.7. The molecule has 1 unspecified atom stereocenters. The molecule has 1 fully saturated rings. The maximum Gasteiger partial charge on any atom is 0.336 e. The lowest BCUT2D eigenvalue weighted by atomic mass is 9.82. The number of aliphatic carboxylic acids is 1. The standard InChI is InChI=1S/C28H31NO7/c1-16-24(35-17(2)27(31)29-15-18-4-6-20(7-5-18)28(32)33)13-12-22-23(14-25(30)36-26(16)22)19-8-10-21(34-3)11-9-19/h8-14,17-18,20H,4-7,15H2,1-3H3,(H,29,31)(H,32,33). The highest BCUT2D eigenvalue weighted by Crippen LogP contribution is 2.34. The number of carboxylic acid groups (broad SMARTS) is 1. The Hall–Kier alpha value is -3.81. The number of carbonyl (C=O) groups excluding carboxylic acids is 1. The number of carbonyl (C=O) groups is 2. The van der Waals surface area contributed by atoms with Gasteiger partial charge in [-0.05, 0) is 80.8 Å². The Labute approximate surface area is 209 Å². The summed E-state index contributed by atoms with van der Waals surface area (Å²) in [6.45, 7) is 3.96. The predicted octanol–water partition coefficient (Wildman–Crippen LogP) is 4.55. The molecule has 190 valence electrons. The van der Waals surface area contributed by atoms with Gasteiger partial charge in [0.1, 0.15) is 17.1 Å². The largest absolute Gasteiger partial charge is 0.497 e. The van der Waals surface area contributed by atoms with Crippen molar-refractivity contribution in [3.63, 3.8) is 0 Å². The van der Waals surface area contributed by atoms with Gasteiger partial charge in [-0.3, -0.25) is 9.59 Å². The van der Waals surface area contributed by atoms with Gasteiger partial charge in [0, 0.05) is 23.6 Å². The van der Waals surface area contributed by atoms with Crippen LogP contribution in [-0.4, -0.2) is 36.7 Å². The summed E-state index contributed by atoms with van der Waals surface area (Å²) in [5, 5.41) is 12.8. The van der Waals surface area contributed by atoms with Crippen LogP contribution >= 0.6 is 0 Å². The summed E-state index contributed by atoms with van der Waals surface area (Å²) in [4.78, 5) is 36.1. The molecule has 0 aliphatic heterocycles. The molecule has 1 saturated carbocycles. The van der Waals surface area contributed by atoms with Crippen molar-refractivity contribution in [1.82, 2.24) is 5.32 Å². The first kappa shape index (κ1) is 25.3. The molecule has 1 aromatic heterocycles. The number of benzene rings is 2. The predicted molar refractivity (Wildman–Crippen MR) is 135 cm³/mol. The summed E-state index contributed by atoms with van der Waals surface area (Å²) in [7, 11) is 1.60. The van der Waals surface area contributed by atoms with Gasteiger partial charge in [-0.1, -0.05) is 12.1 Å². The van der Waals surface area contributed by atoms with E-state index in [9.17, 15) is 14.4 Å². The molecule has 3 aromatic rings. The topological polar surface area (TPSA) is 115 Å². The van der Waals surface area contributed by atoms with Gasteiger partial charge in [0.25, 0.3) is 5.91 Å². The van der Waals surface area contributed by atoms with E-state index in [1.165, 1.54) is 6.07 Å². The van der Waals surface area contributed by atoms with Crippen LogP contribution in [0.3, 0.4) is 0 Å². The molecule has 0 spiro atoms. The minimum Gasteiger partial charge on any atom is -0.497 e. The first-order valence-corrected chi connectivity index (χ1v) is 12.2. The zero-order chi connectivity index (χ0) is 25.8. The highest BCUT2D eigenvalue weighted by molar-refractivity contribution is 5.95. The van der Waals surface area contributed by atoms with E-state index in [1.54, 1.807) is 27.0 Å². The SMILES string of the molecule is COc1ccc(-c2cc(=O)oc3c(C)c(OC(C)C(=O)NCC4CCC(C(=O)O)CC4)ccc23)cc1. The van der Waals surface area contributed by atoms with Crippen molar-refractivity contribution in [2.75, 3.05) is 13.7 Å². The van der Waals surface area contributed by atoms with Crippen LogP contribution in [0.25, 0.3) is 22.1 Å². The first-order chi connectivity index (χ1) is 17.3. The Morgan fingerprint density at radius 3 is 2.44 bits per heavy atom. The molecule has 1 amide bonds. The quantitative estimate of drug-likeness (QED) is 0.442. The molecular weight excluding hydrogens is 462 g/mol. The molecule has 36 heavy (non-hydrogen) atoms. The number of hydrogen-bond acceptors (Lipinski definition) is 6. The van der Waals surface area contributed by atoms with Gasteiger partial charge in [-0.15, -0.1) is 0 Å². The van der Waals surface area contributed by atoms with Crippen LogP contribution in [0.2, 0.25) is 0 Å². The van der Waals surface area contributed by atoms with Crippen LogP contribution < -0.4 is 20.4 Å². The van der Waals surface area contributed by atoms with E-state index >= 15 is 0 Å². The third-order valence-corrected chi connectivity index (χ3v) is 6.95. The fraction of sp³-hybridized carbons (Fsp3) is 0.393. The minimum absolute atomic E-state index is 0.247. The lowest BCUT2D eigenvalue weighted by molar-refractivity contribution is -0.143. The molecule has 2 aromatic carbocycles. The number of methoxy groups -OCH3 is 1. The smallest absolute Gasteiger partial charge is 0.336 e. The summed E-state index contributed by atoms with van der Waals surface area (Å²) in [6, 6.07) is 12.5. The van der Waals surface area contributed by atoms with Gasteiger partial charge in [-0.25, -0.2) is 4.79 Å². The van der Waals surface area contributed by atoms with E-state index in [-0.39, 0.29) is 17.7 Å². The van der Waals surface area contributed by atoms with Crippen molar-refractivity contribution in [1.29, 1.82) is 0 Å². The highest BCUT2D eigenvalue weighted by atomic mass is 16.5. The van der Waals surface area contributed by atoms with Gasteiger partial charge in [-0.2, -0.15) is 0 Å². The number of carboxylic acids is 1. The van der Waals surface area contributed by atoms with E-state index in [0.29, 0.717) is 36.3 Å². The van der Waals surface area contributed by atoms with Crippen LogP contribution in [0.5, 0.6) is 11.5 Å². The average molecular weight is 494 g/mol. The number of amides is 1. The van der Waals surface area contributed by atoms with Gasteiger partial charge < -0.3 is 24.3 Å². The second kappa shape index (κ2) is 10.8. The summed E-state index contributed by atoms with van der Waals surface area (Å²) in [5.41, 5.74) is 2.16. The number of aryl methyl sites for hydroxylation is 1. The van der Waals surface area contributed by atoms with Crippen molar-refractivity contribution < 1.29 is 28.6 Å². The number of fused-ring (bicyclic) bond motifs is 1. The molecule has 1 aliphatic carbocycles. The number of hydrogen-bond donors (Lipinski definition) is 2. The van der Waals surface area contributed by atoms with Crippen molar-refractivity contribution >= 4 is 22.8 Å². The van der Waals surface area contributed by atoms with Crippen LogP contribution in [0, 0.1) is 18.8 Å². The van der Waals surface area contributed by atoms with Crippen LogP contribution in [-0.2, 0) is 9.59 Å². The van der Waals surface area contributed by atoms with Gasteiger partial charge in [0.15, 0.2) is 6.10 Å². The zero-order valence-corrected chi connectivity index (χ0v) is 20.7. The molecule has 0 radical (unpaired) electrons. The number of ether oxygens (including phenoxy) is 2. The van der Waals surface area contributed by atoms with E-state index in [0.717, 1.165) is 35.1 Å². The third-order valence-electron chi connectivity index (χ3n) is 6.95. The first-order valence-electron chi connectivity index (χ1n) is 12.2. The second-order valence-electron chi connectivity index (χ2n) is 9.33. The molecule has 0 saturated heterocycles. The second-order valence-corrected chi connectivity index (χ2v) is 9.33. The van der Waals surface area contributed by atoms with Gasteiger partial charge in [0.2, 0.25) is 0 Å². The number of rotatable bonds is 8. The zero-order valence-electron chi connectivity index (χ0n) is 20.7. The maximum atomic E-state index is 12.7. The van der Waals surface area contributed by atoms with Crippen molar-refractivity contribution in [2.45, 2.75) is 45.6 Å². The molecule has 0 bridgehead atoms. The lowest BCUT2D eigenvalue weighted by Gasteiger charge is -2.26. The summed E-state index contributed by atoms with van der Waals surface area (Å²) >= 11 is 0. The molecular formula is C28H31NO7. The molecule has 2 N–H and O–H groups in total. The fourth-order valence-electron chi connectivity index (χ4n) is 4.73. The van der Waals surface area contributed by atoms with Crippen LogP contribution in [0.4, 0.5) is 0 Å². The Kier molecular flexibility index (Phi) is 7.62. The monoisotopic (exact) mass is 493 g/mol. The Bertz CT molecular complexity index is 1300. The Morgan fingerprint density at radius 1 is 1.11 bits per heavy atom. The van der Waals surface area contributed by atoms with Crippen molar-refractivity contribution in [3.8, 4) is 22.6 Å².